The van der Waals surface area contributed by atoms with Crippen molar-refractivity contribution in [2.75, 3.05) is 4.90 Å². The summed E-state index contributed by atoms with van der Waals surface area (Å²) in [6.07, 6.45) is 0. The number of hydrogen-bond donors (Lipinski definition) is 0. The Kier molecular flexibility index (Phi) is 5.91. The van der Waals surface area contributed by atoms with E-state index in [1.807, 2.05) is 0 Å². The lowest BCUT2D eigenvalue weighted by molar-refractivity contribution is 1.29. The molecular formula is C46H30N2. The first-order chi connectivity index (χ1) is 23.8. The van der Waals surface area contributed by atoms with E-state index in [4.69, 9.17) is 0 Å². The molecule has 224 valence electrons. The van der Waals surface area contributed by atoms with Gasteiger partial charge in [-0.3, -0.25) is 0 Å². The minimum atomic E-state index is 1.12. The summed E-state index contributed by atoms with van der Waals surface area (Å²) < 4.78 is 2.45. The molecule has 2 aromatic heterocycles. The quantitative estimate of drug-likeness (QED) is 0.188. The first-order valence-corrected chi connectivity index (χ1v) is 16.5. The molecule has 0 unspecified atom stereocenters. The van der Waals surface area contributed by atoms with Gasteiger partial charge >= 0.3 is 0 Å². The van der Waals surface area contributed by atoms with Crippen LogP contribution in [0.4, 0.5) is 17.1 Å². The normalized spacial score (nSPS) is 11.8. The van der Waals surface area contributed by atoms with E-state index in [1.54, 1.807) is 0 Å². The van der Waals surface area contributed by atoms with Crippen molar-refractivity contribution < 1.29 is 0 Å². The topological polar surface area (TPSA) is 7.65 Å². The molecule has 2 heterocycles. The first kappa shape index (κ1) is 26.8. The molecule has 10 rings (SSSR count). The molecule has 0 fully saturated rings. The minimum Gasteiger partial charge on any atom is -0.310 e. The lowest BCUT2D eigenvalue weighted by Gasteiger charge is -2.26. The van der Waals surface area contributed by atoms with E-state index >= 15 is 0 Å². The summed E-state index contributed by atoms with van der Waals surface area (Å²) in [5.41, 5.74) is 12.0. The van der Waals surface area contributed by atoms with Crippen LogP contribution in [0.5, 0.6) is 0 Å². The molecule has 0 aliphatic rings. The van der Waals surface area contributed by atoms with Crippen molar-refractivity contribution >= 4 is 65.9 Å². The fourth-order valence-electron chi connectivity index (χ4n) is 7.61. The summed E-state index contributed by atoms with van der Waals surface area (Å²) in [6.45, 7) is 0. The van der Waals surface area contributed by atoms with Crippen molar-refractivity contribution in [2.45, 2.75) is 0 Å². The van der Waals surface area contributed by atoms with E-state index in [0.29, 0.717) is 0 Å². The van der Waals surface area contributed by atoms with E-state index < -0.39 is 0 Å². The van der Waals surface area contributed by atoms with Crippen molar-refractivity contribution in [1.29, 1.82) is 0 Å². The van der Waals surface area contributed by atoms with E-state index in [-0.39, 0.29) is 0 Å². The van der Waals surface area contributed by atoms with Crippen LogP contribution < -0.4 is 4.90 Å². The maximum atomic E-state index is 2.45. The van der Waals surface area contributed by atoms with Crippen LogP contribution in [-0.4, -0.2) is 4.40 Å². The average Bonchev–Trinajstić information content (AvgIpc) is 3.68. The molecule has 0 radical (unpaired) electrons. The molecule has 0 atom stereocenters. The van der Waals surface area contributed by atoms with Gasteiger partial charge in [-0.1, -0.05) is 133 Å². The Morgan fingerprint density at radius 3 is 1.60 bits per heavy atom. The van der Waals surface area contributed by atoms with Crippen molar-refractivity contribution in [2.24, 2.45) is 0 Å². The molecule has 8 aromatic carbocycles. The predicted octanol–water partition coefficient (Wildman–Crippen LogP) is 12.8. The number of aromatic nitrogens is 1. The Balaban J connectivity index is 1.08. The van der Waals surface area contributed by atoms with Gasteiger partial charge in [-0.25, -0.2) is 0 Å². The van der Waals surface area contributed by atoms with E-state index in [9.17, 15) is 0 Å². The lowest BCUT2D eigenvalue weighted by atomic mass is 10.0. The monoisotopic (exact) mass is 610 g/mol. The maximum Gasteiger partial charge on any atom is 0.0620 e. The Bertz CT molecular complexity index is 2760. The van der Waals surface area contributed by atoms with Crippen LogP contribution in [0.2, 0.25) is 0 Å². The molecule has 0 saturated carbocycles. The third kappa shape index (κ3) is 4.13. The lowest BCUT2D eigenvalue weighted by Crippen LogP contribution is -2.09. The standard InChI is InChI=1S/C46H30N2/c1-2-9-31(10-3-1)33-17-23-37(24-18-33)47(39-27-21-32-11-4-5-12-35(32)29-39)38-25-19-34(20-26-38)36-22-28-41-43-15-8-14-42-40-13-6-7-16-44(40)48(46(42)43)45(41)30-36/h1-30H. The molecule has 10 aromatic rings. The zero-order valence-corrected chi connectivity index (χ0v) is 26.2. The summed E-state index contributed by atoms with van der Waals surface area (Å²) in [4.78, 5) is 2.35. The Hall–Kier alpha value is -6.38. The number of anilines is 3. The van der Waals surface area contributed by atoms with Gasteiger partial charge in [0.2, 0.25) is 0 Å². The van der Waals surface area contributed by atoms with Gasteiger partial charge in [0.1, 0.15) is 0 Å². The summed E-state index contributed by atoms with van der Waals surface area (Å²) in [6, 6.07) is 66.1. The Labute approximate surface area is 278 Å². The highest BCUT2D eigenvalue weighted by atomic mass is 15.1. The van der Waals surface area contributed by atoms with Gasteiger partial charge in [-0.05, 0) is 81.6 Å². The van der Waals surface area contributed by atoms with Crippen LogP contribution in [0.25, 0.3) is 71.1 Å². The molecule has 0 N–H and O–H groups in total. The molecular weight excluding hydrogens is 581 g/mol. The number of rotatable bonds is 5. The third-order valence-corrected chi connectivity index (χ3v) is 9.91. The predicted molar refractivity (Wildman–Crippen MR) is 204 cm³/mol. The largest absolute Gasteiger partial charge is 0.310 e. The number of hydrogen-bond acceptors (Lipinski definition) is 1. The van der Waals surface area contributed by atoms with Crippen LogP contribution in [0.3, 0.4) is 0 Å². The summed E-state index contributed by atoms with van der Waals surface area (Å²) in [7, 11) is 0. The molecule has 0 amide bonds. The number of para-hydroxylation sites is 2. The van der Waals surface area contributed by atoms with Crippen molar-refractivity contribution in [3.8, 4) is 22.3 Å². The van der Waals surface area contributed by atoms with Crippen molar-refractivity contribution in [3.63, 3.8) is 0 Å². The van der Waals surface area contributed by atoms with E-state index in [2.05, 4.69) is 191 Å². The van der Waals surface area contributed by atoms with Gasteiger partial charge in [0.15, 0.2) is 0 Å². The molecule has 0 saturated heterocycles. The Morgan fingerprint density at radius 2 is 0.854 bits per heavy atom. The van der Waals surface area contributed by atoms with Gasteiger partial charge in [0, 0.05) is 38.6 Å². The molecule has 0 aliphatic carbocycles. The van der Waals surface area contributed by atoms with Gasteiger partial charge in [-0.15, -0.1) is 0 Å². The number of fused-ring (bicyclic) bond motifs is 7. The van der Waals surface area contributed by atoms with Crippen LogP contribution in [0.1, 0.15) is 0 Å². The smallest absolute Gasteiger partial charge is 0.0620 e. The third-order valence-electron chi connectivity index (χ3n) is 9.91. The van der Waals surface area contributed by atoms with Crippen molar-refractivity contribution in [1.82, 2.24) is 4.40 Å². The van der Waals surface area contributed by atoms with Crippen LogP contribution in [0.15, 0.2) is 182 Å². The second-order valence-corrected chi connectivity index (χ2v) is 12.6. The number of nitrogens with zero attached hydrogens (tertiary/aromatic N) is 2. The highest BCUT2D eigenvalue weighted by Crippen LogP contribution is 2.41. The maximum absolute atomic E-state index is 2.45. The van der Waals surface area contributed by atoms with Crippen LogP contribution >= 0.6 is 0 Å². The van der Waals surface area contributed by atoms with E-state index in [0.717, 1.165) is 17.1 Å². The average molecular weight is 611 g/mol. The second-order valence-electron chi connectivity index (χ2n) is 12.6. The molecule has 0 spiro atoms. The highest BCUT2D eigenvalue weighted by Gasteiger charge is 2.18. The fourth-order valence-corrected chi connectivity index (χ4v) is 7.61. The molecule has 48 heavy (non-hydrogen) atoms. The van der Waals surface area contributed by atoms with Crippen LogP contribution in [0, 0.1) is 0 Å². The van der Waals surface area contributed by atoms with Gasteiger partial charge < -0.3 is 9.30 Å². The summed E-state index contributed by atoms with van der Waals surface area (Å²) in [5.74, 6) is 0. The minimum absolute atomic E-state index is 1.12. The van der Waals surface area contributed by atoms with Crippen molar-refractivity contribution in [3.05, 3.63) is 182 Å². The fraction of sp³-hybridized carbons (Fsp3) is 0. The van der Waals surface area contributed by atoms with Gasteiger partial charge in [0.05, 0.1) is 16.6 Å². The zero-order chi connectivity index (χ0) is 31.6. The molecule has 0 bridgehead atoms. The first-order valence-electron chi connectivity index (χ1n) is 16.5. The second kappa shape index (κ2) is 10.6. The van der Waals surface area contributed by atoms with Gasteiger partial charge in [0.25, 0.3) is 0 Å². The summed E-state index contributed by atoms with van der Waals surface area (Å²) >= 11 is 0. The summed E-state index contributed by atoms with van der Waals surface area (Å²) in [5, 5.41) is 7.69. The zero-order valence-electron chi connectivity index (χ0n) is 26.2. The Morgan fingerprint density at radius 1 is 0.312 bits per heavy atom. The number of benzene rings is 8. The molecule has 2 nitrogen and oxygen atoms in total. The van der Waals surface area contributed by atoms with Crippen LogP contribution in [-0.2, 0) is 0 Å². The van der Waals surface area contributed by atoms with Gasteiger partial charge in [-0.2, -0.15) is 0 Å². The van der Waals surface area contributed by atoms with E-state index in [1.165, 1.54) is 71.1 Å². The highest BCUT2D eigenvalue weighted by molar-refractivity contribution is 6.23. The SMILES string of the molecule is c1ccc(-c2ccc(N(c3ccc(-c4ccc5c6cccc7c8ccccc8n(c5c4)c76)cc3)c3ccc4ccccc4c3)cc2)cc1. The molecule has 0 aliphatic heterocycles. The molecule has 2 heteroatoms.